The van der Waals surface area contributed by atoms with Crippen molar-refractivity contribution in [3.8, 4) is 0 Å². The van der Waals surface area contributed by atoms with Crippen molar-refractivity contribution in [2.24, 2.45) is 5.92 Å². The second-order valence-electron chi connectivity index (χ2n) is 4.30. The van der Waals surface area contributed by atoms with Crippen LogP contribution >= 0.6 is 33.9 Å². The molecule has 1 amide bonds. The van der Waals surface area contributed by atoms with Crippen molar-refractivity contribution in [3.05, 3.63) is 27.7 Å². The Bertz CT molecular complexity index is 599. The molecule has 0 aliphatic carbocycles. The van der Waals surface area contributed by atoms with Crippen molar-refractivity contribution < 1.29 is 13.2 Å². The quantitative estimate of drug-likeness (QED) is 0.852. The predicted octanol–water partition coefficient (Wildman–Crippen LogP) is 3.31. The number of amides is 1. The summed E-state index contributed by atoms with van der Waals surface area (Å²) in [5, 5.41) is 2.57. The van der Waals surface area contributed by atoms with Crippen LogP contribution in [0.1, 0.15) is 24.2 Å². The van der Waals surface area contributed by atoms with Crippen LogP contribution < -0.4 is 5.32 Å². The SMILES string of the molecule is CC(C)CNC(=O)c1cc(S(=O)(=O)Cl)c(Cl)cc1Cl. The van der Waals surface area contributed by atoms with E-state index in [2.05, 4.69) is 5.32 Å². The third kappa shape index (κ3) is 4.53. The lowest BCUT2D eigenvalue weighted by Crippen LogP contribution is -2.27. The topological polar surface area (TPSA) is 63.2 Å². The van der Waals surface area contributed by atoms with Crippen LogP contribution in [-0.2, 0) is 9.05 Å². The zero-order chi connectivity index (χ0) is 14.8. The van der Waals surface area contributed by atoms with E-state index >= 15 is 0 Å². The molecule has 106 valence electrons. The zero-order valence-electron chi connectivity index (χ0n) is 10.2. The number of halogens is 3. The van der Waals surface area contributed by atoms with Crippen molar-refractivity contribution in [2.45, 2.75) is 18.7 Å². The van der Waals surface area contributed by atoms with E-state index in [0.29, 0.717) is 6.54 Å². The molecule has 0 fully saturated rings. The van der Waals surface area contributed by atoms with Crippen LogP contribution in [0.4, 0.5) is 0 Å². The van der Waals surface area contributed by atoms with Crippen molar-refractivity contribution in [1.82, 2.24) is 5.32 Å². The fourth-order valence-corrected chi connectivity index (χ4v) is 3.11. The van der Waals surface area contributed by atoms with Gasteiger partial charge in [0.2, 0.25) is 0 Å². The van der Waals surface area contributed by atoms with Crippen LogP contribution in [0.2, 0.25) is 10.0 Å². The van der Waals surface area contributed by atoms with Crippen molar-refractivity contribution >= 4 is 48.8 Å². The molecule has 0 aliphatic heterocycles. The summed E-state index contributed by atoms with van der Waals surface area (Å²) in [6.07, 6.45) is 0. The highest BCUT2D eigenvalue weighted by atomic mass is 35.7. The first-order valence-electron chi connectivity index (χ1n) is 5.35. The van der Waals surface area contributed by atoms with Gasteiger partial charge in [0.1, 0.15) is 4.90 Å². The summed E-state index contributed by atoms with van der Waals surface area (Å²) in [6.45, 7) is 4.30. The normalized spacial score (nSPS) is 11.7. The molecule has 1 aromatic carbocycles. The molecule has 1 aromatic rings. The third-order valence-corrected chi connectivity index (χ3v) is 4.30. The van der Waals surface area contributed by atoms with E-state index in [0.717, 1.165) is 6.07 Å². The van der Waals surface area contributed by atoms with E-state index in [9.17, 15) is 13.2 Å². The van der Waals surface area contributed by atoms with Crippen molar-refractivity contribution in [2.75, 3.05) is 6.54 Å². The summed E-state index contributed by atoms with van der Waals surface area (Å²) in [5.74, 6) is -0.219. The van der Waals surface area contributed by atoms with Crippen LogP contribution in [-0.4, -0.2) is 20.9 Å². The number of hydrogen-bond acceptors (Lipinski definition) is 3. The number of nitrogens with one attached hydrogen (secondary N) is 1. The monoisotopic (exact) mass is 343 g/mol. The molecular formula is C11H12Cl3NO3S. The van der Waals surface area contributed by atoms with Gasteiger partial charge in [-0.05, 0) is 18.1 Å². The summed E-state index contributed by atoms with van der Waals surface area (Å²) in [7, 11) is 1.20. The summed E-state index contributed by atoms with van der Waals surface area (Å²) in [6, 6.07) is 2.26. The lowest BCUT2D eigenvalue weighted by Gasteiger charge is -2.10. The van der Waals surface area contributed by atoms with Gasteiger partial charge in [0.15, 0.2) is 0 Å². The molecule has 0 atom stereocenters. The van der Waals surface area contributed by atoms with Crippen LogP contribution in [0.25, 0.3) is 0 Å². The minimum absolute atomic E-state index is 0.0194. The standard InChI is InChI=1S/C11H12Cl3NO3S/c1-6(2)5-15-11(16)7-3-10(19(14,17)18)9(13)4-8(7)12/h3-4,6H,5H2,1-2H3,(H,15,16). The highest BCUT2D eigenvalue weighted by Crippen LogP contribution is 2.30. The van der Waals surface area contributed by atoms with Gasteiger partial charge >= 0.3 is 0 Å². The third-order valence-electron chi connectivity index (χ3n) is 2.20. The van der Waals surface area contributed by atoms with E-state index in [4.69, 9.17) is 33.9 Å². The first-order valence-corrected chi connectivity index (χ1v) is 8.41. The molecule has 1 N–H and O–H groups in total. The van der Waals surface area contributed by atoms with Gasteiger partial charge < -0.3 is 5.32 Å². The minimum Gasteiger partial charge on any atom is -0.352 e. The van der Waals surface area contributed by atoms with Gasteiger partial charge in [-0.15, -0.1) is 0 Å². The Labute approximate surface area is 126 Å². The first-order chi connectivity index (χ1) is 8.62. The fourth-order valence-electron chi connectivity index (χ4n) is 1.28. The summed E-state index contributed by atoms with van der Waals surface area (Å²) < 4.78 is 22.6. The Morgan fingerprint density at radius 1 is 1.26 bits per heavy atom. The Morgan fingerprint density at radius 3 is 2.32 bits per heavy atom. The van der Waals surface area contributed by atoms with Gasteiger partial charge in [-0.25, -0.2) is 8.42 Å². The van der Waals surface area contributed by atoms with Crippen LogP contribution in [0.5, 0.6) is 0 Å². The van der Waals surface area contributed by atoms with E-state index in [-0.39, 0.29) is 26.4 Å². The van der Waals surface area contributed by atoms with E-state index in [1.807, 2.05) is 13.8 Å². The Morgan fingerprint density at radius 2 is 1.84 bits per heavy atom. The van der Waals surface area contributed by atoms with E-state index in [1.54, 1.807) is 0 Å². The number of carbonyl (C=O) groups is 1. The van der Waals surface area contributed by atoms with Crippen LogP contribution in [0.3, 0.4) is 0 Å². The molecule has 8 heteroatoms. The maximum atomic E-state index is 11.9. The summed E-state index contributed by atoms with van der Waals surface area (Å²) in [5.41, 5.74) is 0.0194. The fraction of sp³-hybridized carbons (Fsp3) is 0.364. The predicted molar refractivity (Wildman–Crippen MR) is 76.7 cm³/mol. The Balaban J connectivity index is 3.19. The molecule has 1 rings (SSSR count). The summed E-state index contributed by atoms with van der Waals surface area (Å²) in [4.78, 5) is 11.5. The molecular weight excluding hydrogens is 333 g/mol. The number of rotatable bonds is 4. The highest BCUT2D eigenvalue weighted by molar-refractivity contribution is 8.13. The van der Waals surface area contributed by atoms with Gasteiger partial charge in [0.25, 0.3) is 15.0 Å². The van der Waals surface area contributed by atoms with Gasteiger partial charge in [-0.3, -0.25) is 4.79 Å². The van der Waals surface area contributed by atoms with Gasteiger partial charge in [-0.1, -0.05) is 37.0 Å². The maximum Gasteiger partial charge on any atom is 0.262 e. The second-order valence-corrected chi connectivity index (χ2v) is 7.65. The number of carbonyl (C=O) groups excluding carboxylic acids is 1. The maximum absolute atomic E-state index is 11.9. The van der Waals surface area contributed by atoms with Crippen LogP contribution in [0.15, 0.2) is 17.0 Å². The molecule has 0 saturated heterocycles. The zero-order valence-corrected chi connectivity index (χ0v) is 13.3. The second kappa shape index (κ2) is 6.31. The molecule has 0 radical (unpaired) electrons. The minimum atomic E-state index is -4.04. The number of benzene rings is 1. The molecule has 19 heavy (non-hydrogen) atoms. The molecule has 0 saturated carbocycles. The highest BCUT2D eigenvalue weighted by Gasteiger charge is 2.20. The van der Waals surface area contributed by atoms with E-state index in [1.165, 1.54) is 6.07 Å². The van der Waals surface area contributed by atoms with Crippen molar-refractivity contribution in [1.29, 1.82) is 0 Å². The van der Waals surface area contributed by atoms with Gasteiger partial charge in [0, 0.05) is 17.2 Å². The van der Waals surface area contributed by atoms with Crippen LogP contribution in [0, 0.1) is 5.92 Å². The lowest BCUT2D eigenvalue weighted by molar-refractivity contribution is 0.0949. The van der Waals surface area contributed by atoms with Gasteiger partial charge in [-0.2, -0.15) is 0 Å². The number of hydrogen-bond donors (Lipinski definition) is 1. The van der Waals surface area contributed by atoms with Crippen molar-refractivity contribution in [3.63, 3.8) is 0 Å². The first kappa shape index (κ1) is 16.6. The molecule has 0 bridgehead atoms. The Hall–Kier alpha value is -0.490. The molecule has 0 unspecified atom stereocenters. The molecule has 0 aliphatic rings. The average Bonchev–Trinajstić information content (AvgIpc) is 2.24. The molecule has 0 spiro atoms. The van der Waals surface area contributed by atoms with E-state index < -0.39 is 15.0 Å². The van der Waals surface area contributed by atoms with Gasteiger partial charge in [0.05, 0.1) is 15.6 Å². The lowest BCUT2D eigenvalue weighted by atomic mass is 10.2. The smallest absolute Gasteiger partial charge is 0.262 e. The largest absolute Gasteiger partial charge is 0.352 e. The average molecular weight is 345 g/mol. The summed E-state index contributed by atoms with van der Waals surface area (Å²) >= 11 is 11.6. The Kier molecular flexibility index (Phi) is 5.50. The molecule has 0 heterocycles. The molecule has 0 aromatic heterocycles. The molecule has 4 nitrogen and oxygen atoms in total.